The summed E-state index contributed by atoms with van der Waals surface area (Å²) in [5, 5.41) is 9.70. The molecule has 0 aliphatic rings. The zero-order valence-electron chi connectivity index (χ0n) is 11.5. The van der Waals surface area contributed by atoms with Crippen molar-refractivity contribution < 1.29 is 19.1 Å². The molecule has 1 atom stereocenters. The molecule has 0 radical (unpaired) electrons. The van der Waals surface area contributed by atoms with Gasteiger partial charge in [-0.05, 0) is 13.0 Å². The normalized spacial score (nSPS) is 12.3. The average molecular weight is 275 g/mol. The smallest absolute Gasteiger partial charge is 0.308 e. The molecule has 5 nitrogen and oxygen atoms in total. The van der Waals surface area contributed by atoms with Crippen LogP contribution in [0, 0.1) is 5.92 Å². The summed E-state index contributed by atoms with van der Waals surface area (Å²) >= 11 is 0. The standard InChI is InChI=1S/C15H17NO4/c1-3-16(8-10(2)15(18)19)14(17)12-9-20-13-7-5-4-6-11(12)13/h4-7,9-10H,3,8H2,1-2H3,(H,18,19). The van der Waals surface area contributed by atoms with E-state index in [1.54, 1.807) is 13.0 Å². The molecule has 2 rings (SSSR count). The number of rotatable bonds is 5. The fourth-order valence-electron chi connectivity index (χ4n) is 2.08. The number of carbonyl (C=O) groups is 2. The Kier molecular flexibility index (Phi) is 4.08. The molecular formula is C15H17NO4. The Hall–Kier alpha value is -2.30. The Morgan fingerprint density at radius 2 is 2.05 bits per heavy atom. The minimum absolute atomic E-state index is 0.185. The number of hydrogen-bond donors (Lipinski definition) is 1. The molecule has 1 aromatic heterocycles. The van der Waals surface area contributed by atoms with E-state index in [0.717, 1.165) is 5.39 Å². The fourth-order valence-corrected chi connectivity index (χ4v) is 2.08. The van der Waals surface area contributed by atoms with E-state index in [9.17, 15) is 9.59 Å². The lowest BCUT2D eigenvalue weighted by atomic mass is 10.1. The van der Waals surface area contributed by atoms with E-state index in [4.69, 9.17) is 9.52 Å². The van der Waals surface area contributed by atoms with E-state index < -0.39 is 11.9 Å². The largest absolute Gasteiger partial charge is 0.481 e. The Bertz CT molecular complexity index is 632. The van der Waals surface area contributed by atoms with E-state index >= 15 is 0 Å². The predicted molar refractivity (Wildman–Crippen MR) is 74.6 cm³/mol. The third kappa shape index (κ3) is 2.66. The lowest BCUT2D eigenvalue weighted by Crippen LogP contribution is -2.36. The van der Waals surface area contributed by atoms with Crippen LogP contribution in [-0.2, 0) is 4.79 Å². The molecule has 0 saturated heterocycles. The first-order valence-corrected chi connectivity index (χ1v) is 6.53. The zero-order chi connectivity index (χ0) is 14.7. The first-order valence-electron chi connectivity index (χ1n) is 6.53. The summed E-state index contributed by atoms with van der Waals surface area (Å²) in [6.45, 7) is 4.06. The Morgan fingerprint density at radius 1 is 1.35 bits per heavy atom. The third-order valence-corrected chi connectivity index (χ3v) is 3.30. The summed E-state index contributed by atoms with van der Waals surface area (Å²) in [5.74, 6) is -1.71. The van der Waals surface area contributed by atoms with Crippen LogP contribution in [0.4, 0.5) is 0 Å². The highest BCUT2D eigenvalue weighted by atomic mass is 16.4. The van der Waals surface area contributed by atoms with Crippen LogP contribution >= 0.6 is 0 Å². The van der Waals surface area contributed by atoms with E-state index in [1.165, 1.54) is 11.2 Å². The van der Waals surface area contributed by atoms with Crippen LogP contribution in [0.15, 0.2) is 34.9 Å². The predicted octanol–water partition coefficient (Wildman–Crippen LogP) is 2.62. The zero-order valence-corrected chi connectivity index (χ0v) is 11.5. The van der Waals surface area contributed by atoms with Crippen LogP contribution < -0.4 is 0 Å². The summed E-state index contributed by atoms with van der Waals surface area (Å²) in [4.78, 5) is 24.9. The van der Waals surface area contributed by atoms with Crippen LogP contribution in [0.25, 0.3) is 11.0 Å². The first kappa shape index (κ1) is 14.1. The van der Waals surface area contributed by atoms with Crippen LogP contribution in [0.1, 0.15) is 24.2 Å². The van der Waals surface area contributed by atoms with Crippen LogP contribution in [0.2, 0.25) is 0 Å². The van der Waals surface area contributed by atoms with Gasteiger partial charge in [0.15, 0.2) is 0 Å². The van der Waals surface area contributed by atoms with Gasteiger partial charge in [0.2, 0.25) is 0 Å². The number of carboxylic acids is 1. The quantitative estimate of drug-likeness (QED) is 0.910. The number of furan rings is 1. The van der Waals surface area contributed by atoms with Gasteiger partial charge in [0.05, 0.1) is 11.5 Å². The fraction of sp³-hybridized carbons (Fsp3) is 0.333. The van der Waals surface area contributed by atoms with Crippen LogP contribution in [-0.4, -0.2) is 35.0 Å². The number of benzene rings is 1. The highest BCUT2D eigenvalue weighted by Crippen LogP contribution is 2.22. The number of carbonyl (C=O) groups excluding carboxylic acids is 1. The van der Waals surface area contributed by atoms with Gasteiger partial charge in [0, 0.05) is 18.5 Å². The van der Waals surface area contributed by atoms with Crippen molar-refractivity contribution in [3.8, 4) is 0 Å². The Balaban J connectivity index is 2.26. The molecule has 1 aromatic carbocycles. The summed E-state index contributed by atoms with van der Waals surface area (Å²) in [6, 6.07) is 7.29. The number of aliphatic carboxylic acids is 1. The van der Waals surface area contributed by atoms with Crippen molar-refractivity contribution in [1.82, 2.24) is 4.90 Å². The molecule has 0 aliphatic carbocycles. The Labute approximate surface area is 116 Å². The molecule has 20 heavy (non-hydrogen) atoms. The summed E-state index contributed by atoms with van der Waals surface area (Å²) in [5.41, 5.74) is 1.12. The maximum Gasteiger partial charge on any atom is 0.308 e. The molecule has 5 heteroatoms. The number of nitrogens with zero attached hydrogens (tertiary/aromatic N) is 1. The average Bonchev–Trinajstić information content (AvgIpc) is 2.87. The molecule has 1 heterocycles. The molecule has 0 fully saturated rings. The second-order valence-electron chi connectivity index (χ2n) is 4.73. The van der Waals surface area contributed by atoms with Crippen LogP contribution in [0.5, 0.6) is 0 Å². The van der Waals surface area contributed by atoms with Crippen molar-refractivity contribution in [3.05, 3.63) is 36.1 Å². The van der Waals surface area contributed by atoms with Gasteiger partial charge in [-0.3, -0.25) is 9.59 Å². The van der Waals surface area contributed by atoms with E-state index in [2.05, 4.69) is 0 Å². The second kappa shape index (κ2) is 5.77. The molecule has 0 spiro atoms. The number of carboxylic acid groups (broad SMARTS) is 1. The molecule has 0 aliphatic heterocycles. The lowest BCUT2D eigenvalue weighted by molar-refractivity contribution is -0.141. The van der Waals surface area contributed by atoms with E-state index in [0.29, 0.717) is 17.7 Å². The summed E-state index contributed by atoms with van der Waals surface area (Å²) in [6.07, 6.45) is 1.43. The highest BCUT2D eigenvalue weighted by molar-refractivity contribution is 6.05. The van der Waals surface area contributed by atoms with Crippen molar-refractivity contribution >= 4 is 22.8 Å². The summed E-state index contributed by atoms with van der Waals surface area (Å²) < 4.78 is 5.35. The van der Waals surface area contributed by atoms with Crippen molar-refractivity contribution in [1.29, 1.82) is 0 Å². The number of amides is 1. The van der Waals surface area contributed by atoms with Gasteiger partial charge in [0.25, 0.3) is 5.91 Å². The SMILES string of the molecule is CCN(CC(C)C(=O)O)C(=O)c1coc2ccccc12. The number of hydrogen-bond acceptors (Lipinski definition) is 3. The second-order valence-corrected chi connectivity index (χ2v) is 4.73. The van der Waals surface area contributed by atoms with Gasteiger partial charge < -0.3 is 14.4 Å². The molecule has 106 valence electrons. The van der Waals surface area contributed by atoms with E-state index in [-0.39, 0.29) is 12.5 Å². The lowest BCUT2D eigenvalue weighted by Gasteiger charge is -2.22. The highest BCUT2D eigenvalue weighted by Gasteiger charge is 2.23. The maximum atomic E-state index is 12.5. The topological polar surface area (TPSA) is 70.8 Å². The van der Waals surface area contributed by atoms with Crippen molar-refractivity contribution in [2.45, 2.75) is 13.8 Å². The minimum atomic E-state index is -0.909. The minimum Gasteiger partial charge on any atom is -0.481 e. The molecule has 1 unspecified atom stereocenters. The molecule has 1 amide bonds. The van der Waals surface area contributed by atoms with Crippen molar-refractivity contribution in [2.75, 3.05) is 13.1 Å². The first-order chi connectivity index (χ1) is 9.54. The molecular weight excluding hydrogens is 258 g/mol. The molecule has 0 saturated carbocycles. The molecule has 0 bridgehead atoms. The maximum absolute atomic E-state index is 12.5. The third-order valence-electron chi connectivity index (χ3n) is 3.30. The number of para-hydroxylation sites is 1. The number of fused-ring (bicyclic) bond motifs is 1. The monoisotopic (exact) mass is 275 g/mol. The Morgan fingerprint density at radius 3 is 2.70 bits per heavy atom. The van der Waals surface area contributed by atoms with Gasteiger partial charge in [0.1, 0.15) is 11.8 Å². The van der Waals surface area contributed by atoms with Crippen molar-refractivity contribution in [2.24, 2.45) is 5.92 Å². The van der Waals surface area contributed by atoms with E-state index in [1.807, 2.05) is 25.1 Å². The molecule has 1 N–H and O–H groups in total. The molecule has 2 aromatic rings. The van der Waals surface area contributed by atoms with Crippen molar-refractivity contribution in [3.63, 3.8) is 0 Å². The summed E-state index contributed by atoms with van der Waals surface area (Å²) in [7, 11) is 0. The van der Waals surface area contributed by atoms with Crippen LogP contribution in [0.3, 0.4) is 0 Å². The van der Waals surface area contributed by atoms with Gasteiger partial charge in [-0.1, -0.05) is 25.1 Å². The van der Waals surface area contributed by atoms with Gasteiger partial charge in [-0.2, -0.15) is 0 Å². The van der Waals surface area contributed by atoms with Gasteiger partial charge >= 0.3 is 5.97 Å². The van der Waals surface area contributed by atoms with Gasteiger partial charge in [-0.25, -0.2) is 0 Å². The van der Waals surface area contributed by atoms with Gasteiger partial charge in [-0.15, -0.1) is 0 Å².